The summed E-state index contributed by atoms with van der Waals surface area (Å²) in [7, 11) is 2.39. The molecule has 0 radical (unpaired) electrons. The zero-order valence-corrected chi connectivity index (χ0v) is 11.6. The van der Waals surface area contributed by atoms with Gasteiger partial charge in [0.05, 0.1) is 40.6 Å². The molecule has 0 bridgehead atoms. The van der Waals surface area contributed by atoms with Crippen molar-refractivity contribution in [3.63, 3.8) is 0 Å². The third-order valence-electron chi connectivity index (χ3n) is 3.33. The standard InChI is InChI=1S/C12H16B2O6/c1-15-11-7-10(14-19-5-6-20-14)12(16-2)8-9(11)13-17-3-4-18-13/h7-8H,3-6H2,1-2H3. The molecule has 3 rings (SSSR count). The van der Waals surface area contributed by atoms with Gasteiger partial charge >= 0.3 is 14.2 Å². The summed E-state index contributed by atoms with van der Waals surface area (Å²) >= 11 is 0. The van der Waals surface area contributed by atoms with E-state index in [0.29, 0.717) is 37.9 Å². The maximum atomic E-state index is 5.53. The van der Waals surface area contributed by atoms with E-state index in [0.717, 1.165) is 10.9 Å². The fourth-order valence-electron chi connectivity index (χ4n) is 2.39. The van der Waals surface area contributed by atoms with Crippen molar-refractivity contribution in [1.29, 1.82) is 0 Å². The van der Waals surface area contributed by atoms with Crippen molar-refractivity contribution in [3.05, 3.63) is 12.1 Å². The number of benzene rings is 1. The second-order valence-electron chi connectivity index (χ2n) is 4.48. The van der Waals surface area contributed by atoms with Crippen LogP contribution in [-0.2, 0) is 18.6 Å². The fourth-order valence-corrected chi connectivity index (χ4v) is 2.39. The van der Waals surface area contributed by atoms with Crippen LogP contribution >= 0.6 is 0 Å². The van der Waals surface area contributed by atoms with Gasteiger partial charge in [-0.2, -0.15) is 0 Å². The lowest BCUT2D eigenvalue weighted by atomic mass is 9.72. The van der Waals surface area contributed by atoms with Crippen molar-refractivity contribution < 1.29 is 28.1 Å². The van der Waals surface area contributed by atoms with Gasteiger partial charge in [-0.25, -0.2) is 0 Å². The quantitative estimate of drug-likeness (QED) is 0.671. The Morgan fingerprint density at radius 1 is 0.750 bits per heavy atom. The van der Waals surface area contributed by atoms with Crippen molar-refractivity contribution in [3.8, 4) is 11.5 Å². The van der Waals surface area contributed by atoms with Gasteiger partial charge in [0.25, 0.3) is 0 Å². The molecule has 20 heavy (non-hydrogen) atoms. The van der Waals surface area contributed by atoms with Crippen LogP contribution in [0.15, 0.2) is 12.1 Å². The van der Waals surface area contributed by atoms with E-state index in [4.69, 9.17) is 28.1 Å². The van der Waals surface area contributed by atoms with Gasteiger partial charge in [-0.15, -0.1) is 0 Å². The lowest BCUT2D eigenvalue weighted by molar-refractivity contribution is 0.365. The molecule has 0 amide bonds. The van der Waals surface area contributed by atoms with Gasteiger partial charge in [-0.1, -0.05) is 0 Å². The summed E-state index contributed by atoms with van der Waals surface area (Å²) in [4.78, 5) is 0. The maximum Gasteiger partial charge on any atom is 0.497 e. The topological polar surface area (TPSA) is 55.4 Å². The van der Waals surface area contributed by atoms with Crippen LogP contribution in [-0.4, -0.2) is 54.9 Å². The SMILES string of the molecule is COc1cc(B2OCCO2)c(OC)cc1B1OCCO1. The van der Waals surface area contributed by atoms with E-state index in [1.807, 2.05) is 12.1 Å². The molecule has 0 spiro atoms. The lowest BCUT2D eigenvalue weighted by Gasteiger charge is -2.16. The predicted molar refractivity (Wildman–Crippen MR) is 74.1 cm³/mol. The average molecular weight is 278 g/mol. The Hall–Kier alpha value is -1.21. The van der Waals surface area contributed by atoms with Gasteiger partial charge in [0, 0.05) is 10.9 Å². The summed E-state index contributed by atoms with van der Waals surface area (Å²) in [6, 6.07) is 3.71. The summed E-state index contributed by atoms with van der Waals surface area (Å²) in [6.07, 6.45) is 0. The zero-order valence-electron chi connectivity index (χ0n) is 11.6. The highest BCUT2D eigenvalue weighted by molar-refractivity contribution is 6.65. The van der Waals surface area contributed by atoms with Crippen molar-refractivity contribution >= 4 is 25.2 Å². The Balaban J connectivity index is 1.98. The van der Waals surface area contributed by atoms with Gasteiger partial charge < -0.3 is 28.1 Å². The largest absolute Gasteiger partial charge is 0.497 e. The highest BCUT2D eigenvalue weighted by atomic mass is 16.6. The van der Waals surface area contributed by atoms with Crippen LogP contribution in [0.3, 0.4) is 0 Å². The minimum Gasteiger partial charge on any atom is -0.497 e. The third-order valence-corrected chi connectivity index (χ3v) is 3.33. The first-order valence-electron chi connectivity index (χ1n) is 6.55. The number of ether oxygens (including phenoxy) is 2. The molecule has 0 aromatic heterocycles. The van der Waals surface area contributed by atoms with Gasteiger partial charge in [0.15, 0.2) is 0 Å². The highest BCUT2D eigenvalue weighted by Gasteiger charge is 2.35. The summed E-state index contributed by atoms with van der Waals surface area (Å²) in [5, 5.41) is 0. The molecule has 2 heterocycles. The summed E-state index contributed by atoms with van der Waals surface area (Å²) in [5.41, 5.74) is 1.62. The molecule has 2 aliphatic heterocycles. The van der Waals surface area contributed by atoms with E-state index in [1.54, 1.807) is 14.2 Å². The number of hydrogen-bond acceptors (Lipinski definition) is 6. The van der Waals surface area contributed by atoms with E-state index in [2.05, 4.69) is 0 Å². The molecular weight excluding hydrogens is 262 g/mol. The van der Waals surface area contributed by atoms with Crippen molar-refractivity contribution in [2.45, 2.75) is 0 Å². The van der Waals surface area contributed by atoms with Crippen LogP contribution < -0.4 is 20.4 Å². The van der Waals surface area contributed by atoms with Crippen LogP contribution in [0.1, 0.15) is 0 Å². The van der Waals surface area contributed by atoms with E-state index >= 15 is 0 Å². The first-order valence-corrected chi connectivity index (χ1v) is 6.55. The average Bonchev–Trinajstić information content (AvgIpc) is 3.18. The van der Waals surface area contributed by atoms with Gasteiger partial charge in [0.1, 0.15) is 11.5 Å². The normalized spacial score (nSPS) is 18.7. The minimum atomic E-state index is -0.418. The highest BCUT2D eigenvalue weighted by Crippen LogP contribution is 2.19. The van der Waals surface area contributed by atoms with E-state index in [1.165, 1.54) is 0 Å². The Labute approximate surface area is 118 Å². The van der Waals surface area contributed by atoms with E-state index < -0.39 is 14.2 Å². The molecule has 0 saturated carbocycles. The fraction of sp³-hybridized carbons (Fsp3) is 0.500. The number of hydrogen-bond donors (Lipinski definition) is 0. The van der Waals surface area contributed by atoms with Crippen LogP contribution in [0, 0.1) is 0 Å². The molecule has 2 saturated heterocycles. The van der Waals surface area contributed by atoms with Gasteiger partial charge in [-0.05, 0) is 12.1 Å². The van der Waals surface area contributed by atoms with Crippen molar-refractivity contribution in [2.75, 3.05) is 40.6 Å². The van der Waals surface area contributed by atoms with Gasteiger partial charge in [-0.3, -0.25) is 0 Å². The molecule has 0 aliphatic carbocycles. The number of rotatable bonds is 4. The molecule has 6 nitrogen and oxygen atoms in total. The first-order chi connectivity index (χ1) is 9.83. The van der Waals surface area contributed by atoms with Gasteiger partial charge in [0.2, 0.25) is 0 Å². The van der Waals surface area contributed by atoms with E-state index in [-0.39, 0.29) is 0 Å². The van der Waals surface area contributed by atoms with Crippen LogP contribution in [0.2, 0.25) is 0 Å². The Morgan fingerprint density at radius 2 is 1.10 bits per heavy atom. The summed E-state index contributed by atoms with van der Waals surface area (Å²) < 4.78 is 33.0. The van der Waals surface area contributed by atoms with Crippen LogP contribution in [0.4, 0.5) is 0 Å². The smallest absolute Gasteiger partial charge is 0.497 e. The van der Waals surface area contributed by atoms with Crippen molar-refractivity contribution in [1.82, 2.24) is 0 Å². The second-order valence-corrected chi connectivity index (χ2v) is 4.48. The molecule has 1 aromatic carbocycles. The lowest BCUT2D eigenvalue weighted by Crippen LogP contribution is -2.38. The molecule has 2 aliphatic rings. The molecule has 106 valence electrons. The van der Waals surface area contributed by atoms with Crippen LogP contribution in [0.5, 0.6) is 11.5 Å². The monoisotopic (exact) mass is 278 g/mol. The predicted octanol–water partition coefficient (Wildman–Crippen LogP) is -0.812. The maximum absolute atomic E-state index is 5.53. The number of methoxy groups -OCH3 is 2. The Kier molecular flexibility index (Phi) is 4.16. The zero-order chi connectivity index (χ0) is 13.9. The summed E-state index contributed by atoms with van der Waals surface area (Å²) in [5.74, 6) is 1.35. The molecule has 2 fully saturated rings. The molecular formula is C12H16B2O6. The molecule has 0 unspecified atom stereocenters. The minimum absolute atomic E-state index is 0.418. The molecule has 8 heteroatoms. The molecule has 0 atom stereocenters. The molecule has 0 N–H and O–H groups in total. The third kappa shape index (κ3) is 2.52. The Morgan fingerprint density at radius 3 is 1.40 bits per heavy atom. The van der Waals surface area contributed by atoms with Crippen molar-refractivity contribution in [2.24, 2.45) is 0 Å². The van der Waals surface area contributed by atoms with E-state index in [9.17, 15) is 0 Å². The van der Waals surface area contributed by atoms with Crippen LogP contribution in [0.25, 0.3) is 0 Å². The summed E-state index contributed by atoms with van der Waals surface area (Å²) in [6.45, 7) is 2.30. The second kappa shape index (κ2) is 6.05. The molecule has 1 aromatic rings. The first kappa shape index (κ1) is 13.8. The Bertz CT molecular complexity index is 428.